The second-order valence-corrected chi connectivity index (χ2v) is 6.26. The third-order valence-electron chi connectivity index (χ3n) is 4.39. The topological polar surface area (TPSA) is 123 Å². The molecule has 3 rings (SSSR count). The van der Waals surface area contributed by atoms with Crippen molar-refractivity contribution in [2.24, 2.45) is 0 Å². The van der Waals surface area contributed by atoms with Crippen molar-refractivity contribution in [2.45, 2.75) is 24.8 Å². The van der Waals surface area contributed by atoms with Crippen LogP contribution in [0.2, 0.25) is 0 Å². The van der Waals surface area contributed by atoms with Gasteiger partial charge in [-0.05, 0) is 31.0 Å². The highest BCUT2D eigenvalue weighted by Crippen LogP contribution is 2.32. The van der Waals surface area contributed by atoms with Gasteiger partial charge in [0.05, 0.1) is 18.5 Å². The number of hydrogen-bond donors (Lipinski definition) is 3. The highest BCUT2D eigenvalue weighted by atomic mass is 16.7. The summed E-state index contributed by atoms with van der Waals surface area (Å²) >= 11 is 0. The van der Waals surface area contributed by atoms with Crippen LogP contribution in [0.5, 0.6) is 11.5 Å². The number of amides is 2. The van der Waals surface area contributed by atoms with Crippen LogP contribution < -0.4 is 20.1 Å². The molecule has 1 aromatic rings. The maximum Gasteiger partial charge on any atom is 0.305 e. The summed E-state index contributed by atoms with van der Waals surface area (Å²) in [5, 5.41) is 14.4. The van der Waals surface area contributed by atoms with E-state index < -0.39 is 23.3 Å². The number of carboxylic acids is 1. The minimum Gasteiger partial charge on any atom is -0.481 e. The monoisotopic (exact) mass is 364 g/mol. The molecule has 2 amide bonds. The molecule has 0 atom stereocenters. The molecular formula is C17H20N2O7. The lowest BCUT2D eigenvalue weighted by Crippen LogP contribution is -2.55. The molecule has 9 nitrogen and oxygen atoms in total. The van der Waals surface area contributed by atoms with Gasteiger partial charge >= 0.3 is 5.97 Å². The van der Waals surface area contributed by atoms with Crippen LogP contribution in [0.15, 0.2) is 18.2 Å². The second kappa shape index (κ2) is 7.61. The van der Waals surface area contributed by atoms with Crippen molar-refractivity contribution in [2.75, 3.05) is 26.6 Å². The van der Waals surface area contributed by atoms with E-state index in [0.717, 1.165) is 0 Å². The van der Waals surface area contributed by atoms with Crippen LogP contribution in [0, 0.1) is 0 Å². The van der Waals surface area contributed by atoms with Crippen LogP contribution in [-0.2, 0) is 14.3 Å². The van der Waals surface area contributed by atoms with Crippen molar-refractivity contribution in [3.63, 3.8) is 0 Å². The van der Waals surface area contributed by atoms with Gasteiger partial charge in [0, 0.05) is 18.8 Å². The maximum absolute atomic E-state index is 12.2. The van der Waals surface area contributed by atoms with E-state index in [9.17, 15) is 14.4 Å². The van der Waals surface area contributed by atoms with Crippen molar-refractivity contribution < 1.29 is 33.7 Å². The standard InChI is InChI=1S/C17H20N2O7/c20-14(19-17(8-15(21)22)3-5-24-6-4-17)9-18-16(23)11-1-2-12-13(7-11)26-10-25-12/h1-2,7H,3-6,8-10H2,(H,18,23)(H,19,20)(H,21,22). The van der Waals surface area contributed by atoms with E-state index in [-0.39, 0.29) is 19.8 Å². The fraction of sp³-hybridized carbons (Fsp3) is 0.471. The largest absolute Gasteiger partial charge is 0.481 e. The molecule has 0 bridgehead atoms. The number of carbonyl (C=O) groups is 3. The fourth-order valence-corrected chi connectivity index (χ4v) is 3.04. The number of hydrogen-bond acceptors (Lipinski definition) is 6. The molecule has 2 aliphatic rings. The molecule has 0 spiro atoms. The first kappa shape index (κ1) is 18.0. The number of benzene rings is 1. The van der Waals surface area contributed by atoms with Gasteiger partial charge in [-0.1, -0.05) is 0 Å². The predicted octanol–water partition coefficient (Wildman–Crippen LogP) is 0.285. The fourth-order valence-electron chi connectivity index (χ4n) is 3.04. The normalized spacial score (nSPS) is 17.4. The smallest absolute Gasteiger partial charge is 0.305 e. The van der Waals surface area contributed by atoms with Gasteiger partial charge in [0.25, 0.3) is 5.91 Å². The van der Waals surface area contributed by atoms with Gasteiger partial charge in [0.15, 0.2) is 11.5 Å². The SMILES string of the molecule is O=C(O)CC1(NC(=O)CNC(=O)c2ccc3c(c2)OCO3)CCOCC1. The molecule has 140 valence electrons. The van der Waals surface area contributed by atoms with Crippen LogP contribution in [0.3, 0.4) is 0 Å². The van der Waals surface area contributed by atoms with Gasteiger partial charge in [-0.2, -0.15) is 0 Å². The zero-order valence-electron chi connectivity index (χ0n) is 14.1. The first-order valence-corrected chi connectivity index (χ1v) is 8.26. The summed E-state index contributed by atoms with van der Waals surface area (Å²) in [6.07, 6.45) is 0.653. The number of ether oxygens (including phenoxy) is 3. The zero-order chi connectivity index (χ0) is 18.6. The third-order valence-corrected chi connectivity index (χ3v) is 4.39. The summed E-state index contributed by atoms with van der Waals surface area (Å²) in [6.45, 7) is 0.627. The van der Waals surface area contributed by atoms with Crippen LogP contribution >= 0.6 is 0 Å². The summed E-state index contributed by atoms with van der Waals surface area (Å²) in [6, 6.07) is 4.74. The van der Waals surface area contributed by atoms with Gasteiger partial charge in [-0.3, -0.25) is 14.4 Å². The molecule has 2 heterocycles. The summed E-state index contributed by atoms with van der Waals surface area (Å²) in [4.78, 5) is 35.5. The first-order valence-electron chi connectivity index (χ1n) is 8.26. The molecule has 2 aliphatic heterocycles. The van der Waals surface area contributed by atoms with Crippen molar-refractivity contribution in [1.82, 2.24) is 10.6 Å². The summed E-state index contributed by atoms with van der Waals surface area (Å²) < 4.78 is 15.6. The van der Waals surface area contributed by atoms with Gasteiger partial charge in [0.1, 0.15) is 0 Å². The van der Waals surface area contributed by atoms with E-state index in [2.05, 4.69) is 10.6 Å². The summed E-state index contributed by atoms with van der Waals surface area (Å²) in [5.74, 6) is -0.823. The Bertz CT molecular complexity index is 713. The molecule has 26 heavy (non-hydrogen) atoms. The quantitative estimate of drug-likeness (QED) is 0.663. The van der Waals surface area contributed by atoms with E-state index in [0.29, 0.717) is 43.1 Å². The van der Waals surface area contributed by atoms with Crippen LogP contribution in [0.25, 0.3) is 0 Å². The Hall–Kier alpha value is -2.81. The number of aliphatic carboxylic acids is 1. The lowest BCUT2D eigenvalue weighted by Gasteiger charge is -2.36. The van der Waals surface area contributed by atoms with Crippen molar-refractivity contribution in [3.05, 3.63) is 23.8 Å². The number of carbonyl (C=O) groups excluding carboxylic acids is 2. The Balaban J connectivity index is 1.55. The molecule has 1 fully saturated rings. The maximum atomic E-state index is 12.2. The molecule has 1 saturated heterocycles. The minimum atomic E-state index is -0.989. The van der Waals surface area contributed by atoms with Crippen molar-refractivity contribution in [3.8, 4) is 11.5 Å². The lowest BCUT2D eigenvalue weighted by atomic mass is 9.86. The number of fused-ring (bicyclic) bond motifs is 1. The molecule has 3 N–H and O–H groups in total. The van der Waals surface area contributed by atoms with Gasteiger partial charge < -0.3 is 30.0 Å². The lowest BCUT2D eigenvalue weighted by molar-refractivity contribution is -0.140. The van der Waals surface area contributed by atoms with E-state index in [1.807, 2.05) is 0 Å². The van der Waals surface area contributed by atoms with Crippen molar-refractivity contribution >= 4 is 17.8 Å². The molecular weight excluding hydrogens is 344 g/mol. The Labute approximate surface area is 149 Å². The molecule has 9 heteroatoms. The molecule has 0 saturated carbocycles. The summed E-state index contributed by atoms with van der Waals surface area (Å²) in [7, 11) is 0. The zero-order valence-corrected chi connectivity index (χ0v) is 14.1. The molecule has 1 aromatic carbocycles. The number of carboxylic acid groups (broad SMARTS) is 1. The summed E-state index contributed by atoms with van der Waals surface area (Å²) in [5.41, 5.74) is -0.502. The third kappa shape index (κ3) is 4.23. The van der Waals surface area contributed by atoms with Crippen LogP contribution in [0.1, 0.15) is 29.6 Å². The molecule has 0 radical (unpaired) electrons. The van der Waals surface area contributed by atoms with Gasteiger partial charge in [-0.25, -0.2) is 0 Å². The van der Waals surface area contributed by atoms with E-state index in [1.54, 1.807) is 18.2 Å². The average molecular weight is 364 g/mol. The Kier molecular flexibility index (Phi) is 5.27. The van der Waals surface area contributed by atoms with Crippen molar-refractivity contribution in [1.29, 1.82) is 0 Å². The number of rotatable bonds is 6. The predicted molar refractivity (Wildman–Crippen MR) is 88.1 cm³/mol. The molecule has 0 aliphatic carbocycles. The Morgan fingerprint density at radius 3 is 2.58 bits per heavy atom. The average Bonchev–Trinajstić information content (AvgIpc) is 3.07. The first-order chi connectivity index (χ1) is 12.5. The molecule has 0 aromatic heterocycles. The second-order valence-electron chi connectivity index (χ2n) is 6.26. The van der Waals surface area contributed by atoms with Gasteiger partial charge in [0.2, 0.25) is 12.7 Å². The highest BCUT2D eigenvalue weighted by Gasteiger charge is 2.36. The van der Waals surface area contributed by atoms with Crippen LogP contribution in [0.4, 0.5) is 0 Å². The number of nitrogens with one attached hydrogen (secondary N) is 2. The Morgan fingerprint density at radius 1 is 1.12 bits per heavy atom. The van der Waals surface area contributed by atoms with Crippen LogP contribution in [-0.4, -0.2) is 55.0 Å². The Morgan fingerprint density at radius 2 is 1.85 bits per heavy atom. The highest BCUT2D eigenvalue weighted by molar-refractivity contribution is 5.97. The van der Waals surface area contributed by atoms with E-state index >= 15 is 0 Å². The van der Waals surface area contributed by atoms with E-state index in [4.69, 9.17) is 19.3 Å². The molecule has 0 unspecified atom stereocenters. The minimum absolute atomic E-state index is 0.109. The van der Waals surface area contributed by atoms with Gasteiger partial charge in [-0.15, -0.1) is 0 Å². The van der Waals surface area contributed by atoms with E-state index in [1.165, 1.54) is 0 Å².